The van der Waals surface area contributed by atoms with E-state index in [0.29, 0.717) is 21.8 Å². The van der Waals surface area contributed by atoms with Crippen LogP contribution in [0, 0.1) is 0 Å². The molecule has 1 aromatic heterocycles. The van der Waals surface area contributed by atoms with Crippen molar-refractivity contribution in [3.8, 4) is 0 Å². The lowest BCUT2D eigenvalue weighted by molar-refractivity contribution is 0.104. The number of halogens is 1. The predicted octanol–water partition coefficient (Wildman–Crippen LogP) is 3.63. The quantitative estimate of drug-likeness (QED) is 0.552. The molecule has 0 saturated carbocycles. The third-order valence-corrected chi connectivity index (χ3v) is 3.33. The zero-order valence-electron chi connectivity index (χ0n) is 9.98. The van der Waals surface area contributed by atoms with Gasteiger partial charge in [-0.1, -0.05) is 29.8 Å². The van der Waals surface area contributed by atoms with Crippen LogP contribution in [-0.4, -0.2) is 10.8 Å². The molecule has 3 nitrogen and oxygen atoms in total. The van der Waals surface area contributed by atoms with Crippen molar-refractivity contribution in [2.75, 3.05) is 5.73 Å². The first-order valence-corrected chi connectivity index (χ1v) is 6.20. The molecule has 3 rings (SSSR count). The van der Waals surface area contributed by atoms with E-state index < -0.39 is 0 Å². The molecule has 0 aliphatic heterocycles. The Balaban J connectivity index is 2.13. The lowest BCUT2D eigenvalue weighted by Crippen LogP contribution is -2.04. The standard InChI is InChI=1S/C15H11ClN2O/c16-9-5-6-11(13(17)7-9)15(19)12-8-18-14-4-2-1-3-10(12)14/h1-8,18H,17H2. The van der Waals surface area contributed by atoms with E-state index in [2.05, 4.69) is 4.98 Å². The summed E-state index contributed by atoms with van der Waals surface area (Å²) in [7, 11) is 0. The van der Waals surface area contributed by atoms with Crippen LogP contribution in [-0.2, 0) is 0 Å². The normalized spacial score (nSPS) is 10.8. The Morgan fingerprint density at radius 1 is 1.11 bits per heavy atom. The van der Waals surface area contributed by atoms with Gasteiger partial charge < -0.3 is 10.7 Å². The monoisotopic (exact) mass is 270 g/mol. The van der Waals surface area contributed by atoms with Gasteiger partial charge >= 0.3 is 0 Å². The maximum Gasteiger partial charge on any atom is 0.197 e. The summed E-state index contributed by atoms with van der Waals surface area (Å²) in [4.78, 5) is 15.6. The third kappa shape index (κ3) is 1.98. The minimum atomic E-state index is -0.105. The number of rotatable bonds is 2. The minimum Gasteiger partial charge on any atom is -0.398 e. The third-order valence-electron chi connectivity index (χ3n) is 3.09. The van der Waals surface area contributed by atoms with Crippen molar-refractivity contribution in [3.05, 3.63) is 64.8 Å². The van der Waals surface area contributed by atoms with E-state index >= 15 is 0 Å². The number of hydrogen-bond acceptors (Lipinski definition) is 2. The highest BCUT2D eigenvalue weighted by atomic mass is 35.5. The van der Waals surface area contributed by atoms with Gasteiger partial charge in [-0.05, 0) is 24.3 Å². The highest BCUT2D eigenvalue weighted by molar-refractivity contribution is 6.31. The van der Waals surface area contributed by atoms with E-state index in [1.54, 1.807) is 24.4 Å². The zero-order chi connectivity index (χ0) is 13.4. The van der Waals surface area contributed by atoms with Crippen LogP contribution in [0.1, 0.15) is 15.9 Å². The highest BCUT2D eigenvalue weighted by Gasteiger charge is 2.16. The largest absolute Gasteiger partial charge is 0.398 e. The van der Waals surface area contributed by atoms with Gasteiger partial charge in [0.15, 0.2) is 5.78 Å². The van der Waals surface area contributed by atoms with Gasteiger partial charge in [-0.3, -0.25) is 4.79 Å². The van der Waals surface area contributed by atoms with Crippen molar-refractivity contribution in [1.29, 1.82) is 0 Å². The highest BCUT2D eigenvalue weighted by Crippen LogP contribution is 2.25. The fourth-order valence-corrected chi connectivity index (χ4v) is 2.33. The number of aromatic nitrogens is 1. The molecular weight excluding hydrogens is 260 g/mol. The van der Waals surface area contributed by atoms with Crippen LogP contribution in [0.5, 0.6) is 0 Å². The van der Waals surface area contributed by atoms with Crippen LogP contribution < -0.4 is 5.73 Å². The second-order valence-electron chi connectivity index (χ2n) is 4.31. The molecule has 0 amide bonds. The number of anilines is 1. The number of para-hydroxylation sites is 1. The summed E-state index contributed by atoms with van der Waals surface area (Å²) in [6, 6.07) is 12.6. The van der Waals surface area contributed by atoms with E-state index in [1.165, 1.54) is 0 Å². The van der Waals surface area contributed by atoms with E-state index in [4.69, 9.17) is 17.3 Å². The smallest absolute Gasteiger partial charge is 0.197 e. The lowest BCUT2D eigenvalue weighted by Gasteiger charge is -2.04. The zero-order valence-corrected chi connectivity index (χ0v) is 10.7. The Morgan fingerprint density at radius 2 is 1.89 bits per heavy atom. The molecular formula is C15H11ClN2O. The number of carbonyl (C=O) groups is 1. The number of fused-ring (bicyclic) bond motifs is 1. The molecule has 0 aliphatic rings. The molecule has 0 radical (unpaired) electrons. The number of nitrogen functional groups attached to an aromatic ring is 1. The molecule has 3 aromatic rings. The van der Waals surface area contributed by atoms with Gasteiger partial charge in [-0.2, -0.15) is 0 Å². The Kier molecular flexibility index (Phi) is 2.76. The fourth-order valence-electron chi connectivity index (χ4n) is 2.14. The number of aromatic amines is 1. The fraction of sp³-hybridized carbons (Fsp3) is 0. The molecule has 0 unspecified atom stereocenters. The summed E-state index contributed by atoms with van der Waals surface area (Å²) in [6.07, 6.45) is 1.71. The average Bonchev–Trinajstić information content (AvgIpc) is 2.82. The van der Waals surface area contributed by atoms with Crippen LogP contribution in [0.4, 0.5) is 5.69 Å². The number of carbonyl (C=O) groups excluding carboxylic acids is 1. The van der Waals surface area contributed by atoms with E-state index in [0.717, 1.165) is 10.9 Å². The Labute approximate surface area is 115 Å². The number of benzene rings is 2. The second-order valence-corrected chi connectivity index (χ2v) is 4.75. The summed E-state index contributed by atoms with van der Waals surface area (Å²) < 4.78 is 0. The SMILES string of the molecule is Nc1cc(Cl)ccc1C(=O)c1c[nH]c2ccccc12. The molecule has 0 bridgehead atoms. The first-order valence-electron chi connectivity index (χ1n) is 5.82. The lowest BCUT2D eigenvalue weighted by atomic mass is 10.0. The number of ketones is 1. The minimum absolute atomic E-state index is 0.105. The van der Waals surface area contributed by atoms with Crippen LogP contribution in [0.2, 0.25) is 5.02 Å². The summed E-state index contributed by atoms with van der Waals surface area (Å²) in [6.45, 7) is 0. The number of hydrogen-bond donors (Lipinski definition) is 2. The van der Waals surface area contributed by atoms with Crippen LogP contribution >= 0.6 is 11.6 Å². The second kappa shape index (κ2) is 4.44. The maximum absolute atomic E-state index is 12.5. The van der Waals surface area contributed by atoms with Gasteiger partial charge in [-0.25, -0.2) is 0 Å². The van der Waals surface area contributed by atoms with Crippen LogP contribution in [0.3, 0.4) is 0 Å². The van der Waals surface area contributed by atoms with Crippen molar-refractivity contribution >= 4 is 34.0 Å². The number of nitrogens with one attached hydrogen (secondary N) is 1. The summed E-state index contributed by atoms with van der Waals surface area (Å²) >= 11 is 5.84. The molecule has 0 spiro atoms. The van der Waals surface area contributed by atoms with Crippen LogP contribution in [0.15, 0.2) is 48.7 Å². The van der Waals surface area contributed by atoms with Gasteiger partial charge in [-0.15, -0.1) is 0 Å². The van der Waals surface area contributed by atoms with Gasteiger partial charge in [0.25, 0.3) is 0 Å². The summed E-state index contributed by atoms with van der Waals surface area (Å²) in [5.74, 6) is -0.105. The van der Waals surface area contributed by atoms with Gasteiger partial charge in [0.1, 0.15) is 0 Å². The molecule has 3 N–H and O–H groups in total. The number of nitrogens with two attached hydrogens (primary N) is 1. The average molecular weight is 271 g/mol. The Morgan fingerprint density at radius 3 is 2.68 bits per heavy atom. The number of H-pyrrole nitrogens is 1. The summed E-state index contributed by atoms with van der Waals surface area (Å²) in [5.41, 5.74) is 8.26. The Bertz CT molecular complexity index is 777. The topological polar surface area (TPSA) is 58.9 Å². The van der Waals surface area contributed by atoms with Crippen molar-refractivity contribution in [2.45, 2.75) is 0 Å². The maximum atomic E-state index is 12.5. The van der Waals surface area contributed by atoms with E-state index in [-0.39, 0.29) is 5.78 Å². The molecule has 0 fully saturated rings. The molecule has 0 aliphatic carbocycles. The van der Waals surface area contributed by atoms with Gasteiger partial charge in [0.05, 0.1) is 0 Å². The molecule has 19 heavy (non-hydrogen) atoms. The van der Waals surface area contributed by atoms with Crippen molar-refractivity contribution in [1.82, 2.24) is 4.98 Å². The molecule has 1 heterocycles. The molecule has 0 atom stereocenters. The van der Waals surface area contributed by atoms with Gasteiger partial charge in [0, 0.05) is 38.9 Å². The summed E-state index contributed by atoms with van der Waals surface area (Å²) in [5, 5.41) is 1.41. The molecule has 2 aromatic carbocycles. The van der Waals surface area contributed by atoms with Crippen molar-refractivity contribution in [3.63, 3.8) is 0 Å². The van der Waals surface area contributed by atoms with Crippen molar-refractivity contribution in [2.24, 2.45) is 0 Å². The molecule has 0 saturated heterocycles. The van der Waals surface area contributed by atoms with E-state index in [1.807, 2.05) is 24.3 Å². The Hall–Kier alpha value is -2.26. The van der Waals surface area contributed by atoms with Crippen molar-refractivity contribution < 1.29 is 4.79 Å². The van der Waals surface area contributed by atoms with Gasteiger partial charge in [0.2, 0.25) is 0 Å². The van der Waals surface area contributed by atoms with Crippen LogP contribution in [0.25, 0.3) is 10.9 Å². The first kappa shape index (κ1) is 11.8. The molecule has 4 heteroatoms. The van der Waals surface area contributed by atoms with E-state index in [9.17, 15) is 4.79 Å². The predicted molar refractivity (Wildman–Crippen MR) is 77.6 cm³/mol. The molecule has 94 valence electrons. The first-order chi connectivity index (χ1) is 9.16.